The summed E-state index contributed by atoms with van der Waals surface area (Å²) in [6.45, 7) is 2.47. The Hall–Kier alpha value is -3.11. The average Bonchev–Trinajstić information content (AvgIpc) is 3.28. The topological polar surface area (TPSA) is 115 Å². The van der Waals surface area contributed by atoms with Gasteiger partial charge in [-0.05, 0) is 49.6 Å². The molecule has 3 aromatic rings. The van der Waals surface area contributed by atoms with Crippen LogP contribution in [-0.2, 0) is 21.4 Å². The van der Waals surface area contributed by atoms with Gasteiger partial charge < -0.3 is 9.26 Å². The number of nitrogens with zero attached hydrogens (tertiary/aromatic N) is 4. The van der Waals surface area contributed by atoms with Crippen LogP contribution in [-0.4, -0.2) is 46.9 Å². The van der Waals surface area contributed by atoms with E-state index in [1.807, 2.05) is 0 Å². The Kier molecular flexibility index (Phi) is 6.10. The van der Waals surface area contributed by atoms with Crippen molar-refractivity contribution in [3.63, 3.8) is 0 Å². The van der Waals surface area contributed by atoms with E-state index in [0.29, 0.717) is 30.0 Å². The van der Waals surface area contributed by atoms with E-state index in [1.54, 1.807) is 43.6 Å². The summed E-state index contributed by atoms with van der Waals surface area (Å²) in [5.74, 6) is -0.207. The summed E-state index contributed by atoms with van der Waals surface area (Å²) in [7, 11) is -3.66. The largest absolute Gasteiger partial charge is 0.452 e. The lowest BCUT2D eigenvalue weighted by atomic mass is 10.1. The second kappa shape index (κ2) is 8.94. The van der Waals surface area contributed by atoms with Gasteiger partial charge in [0, 0.05) is 31.0 Å². The van der Waals surface area contributed by atoms with Crippen LogP contribution in [0.2, 0.25) is 0 Å². The third-order valence-electron chi connectivity index (χ3n) is 5.07. The van der Waals surface area contributed by atoms with E-state index in [2.05, 4.69) is 15.1 Å². The molecule has 10 heteroatoms. The van der Waals surface area contributed by atoms with Crippen LogP contribution < -0.4 is 0 Å². The summed E-state index contributed by atoms with van der Waals surface area (Å²) in [5, 5.41) is 3.84. The van der Waals surface area contributed by atoms with Crippen molar-refractivity contribution in [1.82, 2.24) is 19.4 Å². The summed E-state index contributed by atoms with van der Waals surface area (Å²) in [4.78, 5) is 20.8. The van der Waals surface area contributed by atoms with Gasteiger partial charge in [0.2, 0.25) is 15.8 Å². The highest BCUT2D eigenvalue weighted by atomic mass is 32.2. The van der Waals surface area contributed by atoms with Crippen LogP contribution in [0.3, 0.4) is 0 Å². The number of pyridine rings is 1. The normalized spacial score (nSPS) is 15.0. The lowest BCUT2D eigenvalue weighted by Crippen LogP contribution is -2.36. The zero-order chi connectivity index (χ0) is 21.8. The summed E-state index contributed by atoms with van der Waals surface area (Å²) in [6.07, 6.45) is 5.93. The Morgan fingerprint density at radius 3 is 2.74 bits per heavy atom. The second-order valence-corrected chi connectivity index (χ2v) is 9.18. The molecule has 0 N–H and O–H groups in total. The highest BCUT2D eigenvalue weighted by Gasteiger charge is 2.28. The fourth-order valence-electron chi connectivity index (χ4n) is 3.39. The zero-order valence-corrected chi connectivity index (χ0v) is 17.8. The maximum Gasteiger partial charge on any atom is 0.338 e. The Bertz CT molecular complexity index is 1170. The van der Waals surface area contributed by atoms with Crippen LogP contribution in [0.15, 0.2) is 52.1 Å². The van der Waals surface area contributed by atoms with Gasteiger partial charge in [0.15, 0.2) is 6.61 Å². The van der Waals surface area contributed by atoms with Crippen LogP contribution >= 0.6 is 0 Å². The van der Waals surface area contributed by atoms with Gasteiger partial charge in [-0.2, -0.15) is 9.29 Å². The quantitative estimate of drug-likeness (QED) is 0.535. The van der Waals surface area contributed by atoms with E-state index < -0.39 is 16.0 Å². The highest BCUT2D eigenvalue weighted by molar-refractivity contribution is 7.89. The first-order valence-corrected chi connectivity index (χ1v) is 11.4. The number of hydrogen-bond donors (Lipinski definition) is 0. The Balaban J connectivity index is 1.47. The molecule has 162 valence electrons. The molecule has 0 amide bonds. The first-order chi connectivity index (χ1) is 14.9. The van der Waals surface area contributed by atoms with E-state index in [-0.39, 0.29) is 23.0 Å². The fraction of sp³-hybridized carbons (Fsp3) is 0.333. The molecule has 0 radical (unpaired) electrons. The van der Waals surface area contributed by atoms with Crippen LogP contribution in [0.4, 0.5) is 0 Å². The van der Waals surface area contributed by atoms with E-state index in [9.17, 15) is 13.2 Å². The molecule has 2 aromatic heterocycles. The number of carbonyl (C=O) groups excluding carboxylic acids is 1. The van der Waals surface area contributed by atoms with Gasteiger partial charge >= 0.3 is 5.97 Å². The molecule has 1 aliphatic rings. The Labute approximate surface area is 180 Å². The van der Waals surface area contributed by atoms with Crippen molar-refractivity contribution in [2.75, 3.05) is 13.1 Å². The van der Waals surface area contributed by atoms with E-state index in [0.717, 1.165) is 19.3 Å². The third-order valence-corrected chi connectivity index (χ3v) is 7.11. The molecular formula is C21H22N4O5S. The van der Waals surface area contributed by atoms with Gasteiger partial charge in [-0.3, -0.25) is 4.98 Å². The van der Waals surface area contributed by atoms with Crippen molar-refractivity contribution in [3.8, 4) is 11.4 Å². The van der Waals surface area contributed by atoms with Crippen LogP contribution in [0, 0.1) is 6.92 Å². The zero-order valence-electron chi connectivity index (χ0n) is 17.0. The number of piperidine rings is 1. The molecule has 31 heavy (non-hydrogen) atoms. The Morgan fingerprint density at radius 2 is 2.00 bits per heavy atom. The van der Waals surface area contributed by atoms with Crippen molar-refractivity contribution in [2.24, 2.45) is 0 Å². The fourth-order valence-corrected chi connectivity index (χ4v) is 5.15. The van der Waals surface area contributed by atoms with E-state index in [4.69, 9.17) is 9.26 Å². The van der Waals surface area contributed by atoms with Crippen LogP contribution in [0.5, 0.6) is 0 Å². The molecule has 0 spiro atoms. The van der Waals surface area contributed by atoms with Crippen molar-refractivity contribution < 1.29 is 22.5 Å². The molecule has 0 unspecified atom stereocenters. The summed E-state index contributed by atoms with van der Waals surface area (Å²) in [5.41, 5.74) is 1.41. The molecular weight excluding hydrogens is 420 g/mol. The molecule has 1 saturated heterocycles. The molecule has 0 bridgehead atoms. The highest BCUT2D eigenvalue weighted by Crippen LogP contribution is 2.25. The van der Waals surface area contributed by atoms with E-state index in [1.165, 1.54) is 10.4 Å². The number of aryl methyl sites for hydroxylation is 1. The minimum Gasteiger partial charge on any atom is -0.452 e. The number of aromatic nitrogens is 3. The molecule has 4 rings (SSSR count). The molecule has 0 saturated carbocycles. The van der Waals surface area contributed by atoms with Gasteiger partial charge in [-0.1, -0.05) is 17.6 Å². The summed E-state index contributed by atoms with van der Waals surface area (Å²) >= 11 is 0. The smallest absolute Gasteiger partial charge is 0.338 e. The minimum absolute atomic E-state index is 0.125. The summed E-state index contributed by atoms with van der Waals surface area (Å²) < 4.78 is 37.9. The predicted molar refractivity (Wildman–Crippen MR) is 110 cm³/mol. The van der Waals surface area contributed by atoms with Gasteiger partial charge in [-0.25, -0.2) is 13.2 Å². The van der Waals surface area contributed by atoms with Crippen LogP contribution in [0.25, 0.3) is 11.4 Å². The SMILES string of the molecule is Cc1ccc(C(=O)OCc2nc(-c3cccnc3)no2)cc1S(=O)(=O)N1CCCCC1. The maximum absolute atomic E-state index is 13.0. The van der Waals surface area contributed by atoms with Gasteiger partial charge in [0.05, 0.1) is 10.5 Å². The number of benzene rings is 1. The summed E-state index contributed by atoms with van der Waals surface area (Å²) in [6, 6.07) is 8.06. The molecule has 1 fully saturated rings. The first kappa shape index (κ1) is 21.1. The average molecular weight is 442 g/mol. The van der Waals surface area contributed by atoms with Crippen molar-refractivity contribution in [3.05, 3.63) is 59.7 Å². The molecule has 3 heterocycles. The number of carbonyl (C=O) groups is 1. The lowest BCUT2D eigenvalue weighted by Gasteiger charge is -2.26. The number of sulfonamides is 1. The van der Waals surface area contributed by atoms with Crippen molar-refractivity contribution in [1.29, 1.82) is 0 Å². The van der Waals surface area contributed by atoms with Gasteiger partial charge in [-0.15, -0.1) is 0 Å². The molecule has 1 aromatic carbocycles. The number of ether oxygens (including phenoxy) is 1. The Morgan fingerprint density at radius 1 is 1.19 bits per heavy atom. The van der Waals surface area contributed by atoms with Crippen molar-refractivity contribution >= 4 is 16.0 Å². The predicted octanol–water partition coefficient (Wildman–Crippen LogP) is 2.97. The molecule has 0 atom stereocenters. The monoisotopic (exact) mass is 442 g/mol. The minimum atomic E-state index is -3.66. The first-order valence-electron chi connectivity index (χ1n) is 9.96. The maximum atomic E-state index is 13.0. The van der Waals surface area contributed by atoms with Crippen molar-refractivity contribution in [2.45, 2.75) is 37.7 Å². The van der Waals surface area contributed by atoms with Gasteiger partial charge in [0.1, 0.15) is 0 Å². The molecule has 1 aliphatic heterocycles. The third kappa shape index (κ3) is 4.64. The standard InChI is InChI=1S/C21H22N4O5S/c1-15-7-8-16(12-18(15)31(27,28)25-10-3-2-4-11-25)21(26)29-14-19-23-20(24-30-19)17-6-5-9-22-13-17/h5-9,12-13H,2-4,10-11,14H2,1H3. The van der Waals surface area contributed by atoms with E-state index >= 15 is 0 Å². The van der Waals surface area contributed by atoms with Crippen LogP contribution in [0.1, 0.15) is 41.1 Å². The lowest BCUT2D eigenvalue weighted by molar-refractivity contribution is 0.0429. The number of hydrogen-bond acceptors (Lipinski definition) is 8. The number of esters is 1. The molecule has 9 nitrogen and oxygen atoms in total. The van der Waals surface area contributed by atoms with Gasteiger partial charge in [0.25, 0.3) is 5.89 Å². The molecule has 0 aliphatic carbocycles. The second-order valence-electron chi connectivity index (χ2n) is 7.27. The number of rotatable bonds is 6.